The topological polar surface area (TPSA) is 27.1 Å². The lowest BCUT2D eigenvalue weighted by molar-refractivity contribution is -0.0499. The van der Waals surface area contributed by atoms with Crippen LogP contribution in [0.15, 0.2) is 28.9 Å². The molecule has 0 saturated heterocycles. The van der Waals surface area contributed by atoms with Gasteiger partial charge in [-0.05, 0) is 40.4 Å². The van der Waals surface area contributed by atoms with Crippen LogP contribution in [-0.4, -0.2) is 16.4 Å². The van der Waals surface area contributed by atoms with Crippen molar-refractivity contribution < 1.29 is 17.9 Å². The minimum atomic E-state index is -3.00. The molecule has 1 aromatic carbocycles. The van der Waals surface area contributed by atoms with Gasteiger partial charge in [0.05, 0.1) is 5.69 Å². The Kier molecular flexibility index (Phi) is 4.92. The average Bonchev–Trinajstić information content (AvgIpc) is 2.67. The van der Waals surface area contributed by atoms with Crippen molar-refractivity contribution in [1.29, 1.82) is 0 Å². The van der Waals surface area contributed by atoms with Gasteiger partial charge in [0.15, 0.2) is 0 Å². The first-order valence-corrected chi connectivity index (χ1v) is 7.14. The van der Waals surface area contributed by atoms with Crippen molar-refractivity contribution in [1.82, 2.24) is 9.78 Å². The van der Waals surface area contributed by atoms with Crippen LogP contribution in [0.25, 0.3) is 5.69 Å². The molecule has 0 aliphatic carbocycles. The molecule has 2 aromatic rings. The van der Waals surface area contributed by atoms with E-state index in [4.69, 9.17) is 0 Å². The van der Waals surface area contributed by atoms with Gasteiger partial charge in [-0.25, -0.2) is 9.07 Å². The van der Waals surface area contributed by atoms with Gasteiger partial charge in [0.1, 0.15) is 16.2 Å². The van der Waals surface area contributed by atoms with E-state index in [0.717, 1.165) is 18.2 Å². The summed E-state index contributed by atoms with van der Waals surface area (Å²) in [6.07, 6.45) is 0.722. The van der Waals surface area contributed by atoms with Gasteiger partial charge < -0.3 is 4.74 Å². The molecule has 2 rings (SSSR count). The van der Waals surface area contributed by atoms with E-state index in [2.05, 4.69) is 25.8 Å². The molecule has 0 spiro atoms. The Morgan fingerprint density at radius 3 is 2.57 bits per heavy atom. The van der Waals surface area contributed by atoms with Gasteiger partial charge in [0, 0.05) is 17.8 Å². The van der Waals surface area contributed by atoms with Crippen LogP contribution in [0.1, 0.15) is 19.5 Å². The third-order valence-corrected chi connectivity index (χ3v) is 3.08. The Bertz CT molecular complexity index is 629. The van der Waals surface area contributed by atoms with Crippen molar-refractivity contribution in [2.24, 2.45) is 5.92 Å². The fourth-order valence-electron chi connectivity index (χ4n) is 2.02. The smallest absolute Gasteiger partial charge is 0.387 e. The van der Waals surface area contributed by atoms with Crippen LogP contribution in [0.2, 0.25) is 0 Å². The van der Waals surface area contributed by atoms with Gasteiger partial charge in [-0.3, -0.25) is 0 Å². The van der Waals surface area contributed by atoms with E-state index in [1.54, 1.807) is 0 Å². The maximum atomic E-state index is 13.6. The van der Waals surface area contributed by atoms with Crippen molar-refractivity contribution in [3.8, 4) is 11.4 Å². The molecule has 0 aliphatic rings. The number of benzene rings is 1. The summed E-state index contributed by atoms with van der Waals surface area (Å²) in [4.78, 5) is 0. The van der Waals surface area contributed by atoms with Crippen molar-refractivity contribution in [3.05, 3.63) is 40.4 Å². The average molecular weight is 363 g/mol. The van der Waals surface area contributed by atoms with Crippen LogP contribution in [0.5, 0.6) is 5.75 Å². The van der Waals surface area contributed by atoms with E-state index in [0.29, 0.717) is 16.2 Å². The molecule has 0 radical (unpaired) electrons. The van der Waals surface area contributed by atoms with Gasteiger partial charge in [0.25, 0.3) is 0 Å². The summed E-state index contributed by atoms with van der Waals surface area (Å²) in [5.41, 5.74) is 1.19. The Hall–Kier alpha value is -1.50. The molecule has 0 saturated carbocycles. The van der Waals surface area contributed by atoms with Gasteiger partial charge >= 0.3 is 6.61 Å². The van der Waals surface area contributed by atoms with E-state index in [9.17, 15) is 13.2 Å². The fraction of sp³-hybridized carbons (Fsp3) is 0.357. The predicted molar refractivity (Wildman–Crippen MR) is 76.4 cm³/mol. The minimum Gasteiger partial charge on any atom is -0.435 e. The monoisotopic (exact) mass is 362 g/mol. The van der Waals surface area contributed by atoms with E-state index >= 15 is 0 Å². The van der Waals surface area contributed by atoms with Crippen molar-refractivity contribution in [3.63, 3.8) is 0 Å². The summed E-state index contributed by atoms with van der Waals surface area (Å²) in [5, 5.41) is 4.22. The predicted octanol–water partition coefficient (Wildman–Crippen LogP) is 4.57. The maximum Gasteiger partial charge on any atom is 0.387 e. The first-order chi connectivity index (χ1) is 9.85. The third kappa shape index (κ3) is 4.23. The molecule has 0 aliphatic heterocycles. The Balaban J connectivity index is 2.43. The maximum absolute atomic E-state index is 13.6. The Morgan fingerprint density at radius 2 is 1.95 bits per heavy atom. The fourth-order valence-corrected chi connectivity index (χ4v) is 2.44. The zero-order valence-electron chi connectivity index (χ0n) is 11.5. The summed E-state index contributed by atoms with van der Waals surface area (Å²) in [6, 6.07) is 5.29. The van der Waals surface area contributed by atoms with E-state index in [1.807, 2.05) is 19.9 Å². The van der Waals surface area contributed by atoms with Crippen molar-refractivity contribution >= 4 is 15.9 Å². The number of rotatable bonds is 5. The second-order valence-corrected chi connectivity index (χ2v) is 5.80. The number of alkyl halides is 2. The summed E-state index contributed by atoms with van der Waals surface area (Å²) in [6.45, 7) is 1.09. The molecule has 0 N–H and O–H groups in total. The van der Waals surface area contributed by atoms with Crippen LogP contribution in [-0.2, 0) is 6.42 Å². The molecule has 0 bridgehead atoms. The molecule has 114 valence electrons. The standard InChI is InChI=1S/C14H14BrF3N2O/c1-8(2)3-10-7-13(15)19-20(10)11-4-9(16)5-12(6-11)21-14(17)18/h4-8,14H,3H2,1-2H3. The summed E-state index contributed by atoms with van der Waals surface area (Å²) < 4.78 is 44.5. The van der Waals surface area contributed by atoms with E-state index in [-0.39, 0.29) is 5.75 Å². The molecule has 1 heterocycles. The first kappa shape index (κ1) is 15.9. The van der Waals surface area contributed by atoms with Gasteiger partial charge in [-0.2, -0.15) is 13.9 Å². The SMILES string of the molecule is CC(C)Cc1cc(Br)nn1-c1cc(F)cc(OC(F)F)c1. The number of hydrogen-bond acceptors (Lipinski definition) is 2. The first-order valence-electron chi connectivity index (χ1n) is 6.35. The van der Waals surface area contributed by atoms with Crippen LogP contribution in [0.4, 0.5) is 13.2 Å². The van der Waals surface area contributed by atoms with E-state index in [1.165, 1.54) is 16.8 Å². The highest BCUT2D eigenvalue weighted by atomic mass is 79.9. The molecular weight excluding hydrogens is 349 g/mol. The molecule has 0 atom stereocenters. The highest BCUT2D eigenvalue weighted by Gasteiger charge is 2.13. The van der Waals surface area contributed by atoms with Gasteiger partial charge in [-0.15, -0.1) is 0 Å². The lowest BCUT2D eigenvalue weighted by Crippen LogP contribution is -2.07. The molecule has 7 heteroatoms. The number of ether oxygens (including phenoxy) is 1. The number of aromatic nitrogens is 2. The Morgan fingerprint density at radius 1 is 1.24 bits per heavy atom. The minimum absolute atomic E-state index is 0.234. The molecule has 21 heavy (non-hydrogen) atoms. The Labute approximate surface area is 128 Å². The molecule has 3 nitrogen and oxygen atoms in total. The van der Waals surface area contributed by atoms with Crippen LogP contribution in [0.3, 0.4) is 0 Å². The quantitative estimate of drug-likeness (QED) is 0.778. The largest absolute Gasteiger partial charge is 0.435 e. The second kappa shape index (κ2) is 6.51. The zero-order valence-corrected chi connectivity index (χ0v) is 13.1. The molecule has 0 amide bonds. The highest BCUT2D eigenvalue weighted by molar-refractivity contribution is 9.10. The van der Waals surface area contributed by atoms with Crippen LogP contribution < -0.4 is 4.74 Å². The van der Waals surface area contributed by atoms with Gasteiger partial charge in [-0.1, -0.05) is 13.8 Å². The molecule has 0 fully saturated rings. The zero-order chi connectivity index (χ0) is 15.6. The van der Waals surface area contributed by atoms with Gasteiger partial charge in [0.2, 0.25) is 0 Å². The third-order valence-electron chi connectivity index (χ3n) is 2.70. The summed E-state index contributed by atoms with van der Waals surface area (Å²) in [5.74, 6) is -0.523. The van der Waals surface area contributed by atoms with E-state index < -0.39 is 12.4 Å². The van der Waals surface area contributed by atoms with Crippen molar-refractivity contribution in [2.75, 3.05) is 0 Å². The number of halogens is 4. The molecule has 0 unspecified atom stereocenters. The normalized spacial score (nSPS) is 11.4. The molecule has 1 aromatic heterocycles. The summed E-state index contributed by atoms with van der Waals surface area (Å²) >= 11 is 3.27. The lowest BCUT2D eigenvalue weighted by atomic mass is 10.1. The van der Waals surface area contributed by atoms with Crippen LogP contribution in [0, 0.1) is 11.7 Å². The number of hydrogen-bond donors (Lipinski definition) is 0. The molecular formula is C14H14BrF3N2O. The lowest BCUT2D eigenvalue weighted by Gasteiger charge is -2.11. The second-order valence-electron chi connectivity index (χ2n) is 4.99. The highest BCUT2D eigenvalue weighted by Crippen LogP contribution is 2.24. The number of nitrogens with zero attached hydrogens (tertiary/aromatic N) is 2. The van der Waals surface area contributed by atoms with Crippen LogP contribution >= 0.6 is 15.9 Å². The summed E-state index contributed by atoms with van der Waals surface area (Å²) in [7, 11) is 0. The van der Waals surface area contributed by atoms with Crippen molar-refractivity contribution in [2.45, 2.75) is 26.9 Å².